The molecule has 0 aliphatic carbocycles. The summed E-state index contributed by atoms with van der Waals surface area (Å²) in [6, 6.07) is 17.4. The summed E-state index contributed by atoms with van der Waals surface area (Å²) in [5.74, 6) is 3.45. The third-order valence-electron chi connectivity index (χ3n) is 4.63. The van der Waals surface area contributed by atoms with Crippen molar-refractivity contribution >= 4 is 0 Å². The van der Waals surface area contributed by atoms with E-state index in [1.54, 1.807) is 33.9 Å². The minimum absolute atomic E-state index is 0.655. The third kappa shape index (κ3) is 3.11. The minimum Gasteiger partial charge on any atom is -0.497 e. The number of hydrogen-bond acceptors (Lipinski definition) is 5. The molecule has 2 heterocycles. The molecule has 4 rings (SSSR count). The fourth-order valence-electron chi connectivity index (χ4n) is 3.20. The lowest BCUT2D eigenvalue weighted by Gasteiger charge is -2.10. The van der Waals surface area contributed by atoms with Crippen LogP contribution in [0.1, 0.15) is 0 Å². The first-order valence-corrected chi connectivity index (χ1v) is 8.77. The molecule has 28 heavy (non-hydrogen) atoms. The minimum atomic E-state index is 0.655. The van der Waals surface area contributed by atoms with E-state index in [9.17, 15) is 0 Å². The quantitative estimate of drug-likeness (QED) is 0.419. The van der Waals surface area contributed by atoms with Gasteiger partial charge in [-0.3, -0.25) is 0 Å². The molecular weight excluding hydrogens is 356 g/mol. The normalized spacial score (nSPS) is 10.7. The van der Waals surface area contributed by atoms with Gasteiger partial charge in [0.1, 0.15) is 5.75 Å². The van der Waals surface area contributed by atoms with Gasteiger partial charge in [0.15, 0.2) is 23.0 Å². The number of furan rings is 2. The molecule has 0 radical (unpaired) electrons. The van der Waals surface area contributed by atoms with E-state index in [1.165, 1.54) is 0 Å². The highest BCUT2D eigenvalue weighted by molar-refractivity contribution is 5.86. The molecule has 0 spiro atoms. The second-order valence-electron chi connectivity index (χ2n) is 6.13. The van der Waals surface area contributed by atoms with Gasteiger partial charge in [-0.15, -0.1) is 0 Å². The summed E-state index contributed by atoms with van der Waals surface area (Å²) in [5.41, 5.74) is 3.81. The molecule has 0 bridgehead atoms. The van der Waals surface area contributed by atoms with E-state index in [1.807, 2.05) is 54.6 Å². The molecule has 0 saturated carbocycles. The molecule has 142 valence electrons. The lowest BCUT2D eigenvalue weighted by Crippen LogP contribution is -1.91. The predicted octanol–water partition coefficient (Wildman–Crippen LogP) is 5.90. The van der Waals surface area contributed by atoms with Crippen molar-refractivity contribution in [1.82, 2.24) is 0 Å². The molecule has 0 N–H and O–H groups in total. The van der Waals surface area contributed by atoms with Crippen LogP contribution < -0.4 is 14.2 Å². The van der Waals surface area contributed by atoms with E-state index >= 15 is 0 Å². The van der Waals surface area contributed by atoms with Gasteiger partial charge in [-0.1, -0.05) is 18.2 Å². The van der Waals surface area contributed by atoms with Gasteiger partial charge in [0, 0.05) is 11.1 Å². The van der Waals surface area contributed by atoms with Crippen LogP contribution in [-0.4, -0.2) is 21.3 Å². The smallest absolute Gasteiger partial charge is 0.177 e. The Hall–Kier alpha value is -3.60. The van der Waals surface area contributed by atoms with Crippen LogP contribution in [0.3, 0.4) is 0 Å². The summed E-state index contributed by atoms with van der Waals surface area (Å²) in [6.07, 6.45) is 3.32. The molecule has 5 nitrogen and oxygen atoms in total. The highest BCUT2D eigenvalue weighted by atomic mass is 16.5. The van der Waals surface area contributed by atoms with Crippen LogP contribution in [0, 0.1) is 0 Å². The largest absolute Gasteiger partial charge is 0.497 e. The van der Waals surface area contributed by atoms with Gasteiger partial charge >= 0.3 is 0 Å². The number of benzene rings is 2. The molecule has 5 heteroatoms. The molecule has 0 amide bonds. The second kappa shape index (κ2) is 7.56. The Morgan fingerprint density at radius 2 is 1.14 bits per heavy atom. The first-order chi connectivity index (χ1) is 13.7. The van der Waals surface area contributed by atoms with Crippen molar-refractivity contribution < 1.29 is 23.0 Å². The molecule has 0 aliphatic rings. The standard InChI is InChI=1S/C23H20O5/c1-24-17-7-4-15(5-8-17)18-10-12-27-22(18)23-19(11-13-28-23)16-6-9-20(25-2)21(14-16)26-3/h4-14H,1-3H3. The number of rotatable bonds is 6. The van der Waals surface area contributed by atoms with E-state index in [0.29, 0.717) is 23.0 Å². The van der Waals surface area contributed by atoms with Crippen molar-refractivity contribution in [1.29, 1.82) is 0 Å². The molecule has 0 aliphatic heterocycles. The lowest BCUT2D eigenvalue weighted by molar-refractivity contribution is 0.355. The average molecular weight is 376 g/mol. The van der Waals surface area contributed by atoms with E-state index in [0.717, 1.165) is 28.0 Å². The van der Waals surface area contributed by atoms with Gasteiger partial charge < -0.3 is 23.0 Å². The average Bonchev–Trinajstić information content (AvgIpc) is 3.42. The maximum absolute atomic E-state index is 5.81. The van der Waals surface area contributed by atoms with Crippen molar-refractivity contribution in [2.24, 2.45) is 0 Å². The lowest BCUT2D eigenvalue weighted by atomic mass is 10.0. The summed E-state index contributed by atoms with van der Waals surface area (Å²) in [7, 11) is 4.88. The Labute approximate surface area is 163 Å². The zero-order valence-corrected chi connectivity index (χ0v) is 15.9. The SMILES string of the molecule is COc1ccc(-c2ccoc2-c2occc2-c2ccc(OC)c(OC)c2)cc1. The Morgan fingerprint density at radius 3 is 1.71 bits per heavy atom. The molecule has 2 aromatic heterocycles. The van der Waals surface area contributed by atoms with Crippen molar-refractivity contribution in [2.75, 3.05) is 21.3 Å². The number of methoxy groups -OCH3 is 3. The van der Waals surface area contributed by atoms with Crippen molar-refractivity contribution in [2.45, 2.75) is 0 Å². The van der Waals surface area contributed by atoms with Crippen LogP contribution >= 0.6 is 0 Å². The predicted molar refractivity (Wildman–Crippen MR) is 107 cm³/mol. The van der Waals surface area contributed by atoms with E-state index < -0.39 is 0 Å². The van der Waals surface area contributed by atoms with Gasteiger partial charge in [0.05, 0.1) is 33.9 Å². The highest BCUT2D eigenvalue weighted by Gasteiger charge is 2.20. The first kappa shape index (κ1) is 17.8. The van der Waals surface area contributed by atoms with Gasteiger partial charge in [0.25, 0.3) is 0 Å². The summed E-state index contributed by atoms with van der Waals surface area (Å²) >= 11 is 0. The molecule has 0 atom stereocenters. The van der Waals surface area contributed by atoms with Gasteiger partial charge in [0.2, 0.25) is 0 Å². The fourth-order valence-corrected chi connectivity index (χ4v) is 3.20. The third-order valence-corrected chi connectivity index (χ3v) is 4.63. The second-order valence-corrected chi connectivity index (χ2v) is 6.13. The zero-order valence-electron chi connectivity index (χ0n) is 15.9. The maximum Gasteiger partial charge on any atom is 0.177 e. The molecule has 0 saturated heterocycles. The van der Waals surface area contributed by atoms with E-state index in [2.05, 4.69) is 0 Å². The Kier molecular flexibility index (Phi) is 4.81. The monoisotopic (exact) mass is 376 g/mol. The van der Waals surface area contributed by atoms with Crippen LogP contribution in [-0.2, 0) is 0 Å². The van der Waals surface area contributed by atoms with Crippen LogP contribution in [0.4, 0.5) is 0 Å². The van der Waals surface area contributed by atoms with Crippen molar-refractivity contribution in [3.05, 3.63) is 67.1 Å². The van der Waals surface area contributed by atoms with Crippen LogP contribution in [0.15, 0.2) is 76.0 Å². The first-order valence-electron chi connectivity index (χ1n) is 8.77. The molecule has 2 aromatic carbocycles. The van der Waals surface area contributed by atoms with Gasteiger partial charge in [-0.25, -0.2) is 0 Å². The Morgan fingerprint density at radius 1 is 0.571 bits per heavy atom. The van der Waals surface area contributed by atoms with Crippen LogP contribution in [0.25, 0.3) is 33.8 Å². The summed E-state index contributed by atoms with van der Waals surface area (Å²) in [5, 5.41) is 0. The molecule has 0 fully saturated rings. The van der Waals surface area contributed by atoms with E-state index in [4.69, 9.17) is 23.0 Å². The summed E-state index contributed by atoms with van der Waals surface area (Å²) < 4.78 is 27.6. The number of hydrogen-bond donors (Lipinski definition) is 0. The molecule has 4 aromatic rings. The summed E-state index contributed by atoms with van der Waals surface area (Å²) in [4.78, 5) is 0. The summed E-state index contributed by atoms with van der Waals surface area (Å²) in [6.45, 7) is 0. The van der Waals surface area contributed by atoms with E-state index in [-0.39, 0.29) is 0 Å². The number of ether oxygens (including phenoxy) is 3. The Bertz CT molecular complexity index is 1070. The fraction of sp³-hybridized carbons (Fsp3) is 0.130. The van der Waals surface area contributed by atoms with Gasteiger partial charge in [-0.05, 0) is 47.5 Å². The molecular formula is C23H20O5. The topological polar surface area (TPSA) is 54.0 Å². The highest BCUT2D eigenvalue weighted by Crippen LogP contribution is 2.41. The molecule has 0 unspecified atom stereocenters. The Balaban J connectivity index is 1.78. The van der Waals surface area contributed by atoms with Crippen LogP contribution in [0.5, 0.6) is 17.2 Å². The van der Waals surface area contributed by atoms with Gasteiger partial charge in [-0.2, -0.15) is 0 Å². The zero-order chi connectivity index (χ0) is 19.5. The van der Waals surface area contributed by atoms with Crippen molar-refractivity contribution in [3.63, 3.8) is 0 Å². The maximum atomic E-state index is 5.81. The van der Waals surface area contributed by atoms with Crippen LogP contribution in [0.2, 0.25) is 0 Å². The van der Waals surface area contributed by atoms with Crippen molar-refractivity contribution in [3.8, 4) is 51.0 Å².